The molecule has 1 nitrogen and oxygen atoms in total. The molecule has 0 amide bonds. The molecule has 0 heterocycles. The number of benzene rings is 1. The van der Waals surface area contributed by atoms with Crippen LogP contribution in [-0.4, -0.2) is 0 Å². The van der Waals surface area contributed by atoms with Crippen LogP contribution in [0.15, 0.2) is 24.3 Å². The first kappa shape index (κ1) is 8.28. The van der Waals surface area contributed by atoms with E-state index in [1.807, 2.05) is 0 Å². The number of aryl methyl sites for hydroxylation is 1. The Morgan fingerprint density at radius 2 is 1.82 bits per heavy atom. The summed E-state index contributed by atoms with van der Waals surface area (Å²) < 4.78 is 0. The first-order valence-electron chi connectivity index (χ1n) is 4.16. The van der Waals surface area contributed by atoms with Crippen LogP contribution in [0.25, 0.3) is 0 Å². The van der Waals surface area contributed by atoms with Crippen molar-refractivity contribution in [1.29, 1.82) is 0 Å². The van der Waals surface area contributed by atoms with Crippen molar-refractivity contribution in [3.8, 4) is 0 Å². The lowest BCUT2D eigenvalue weighted by molar-refractivity contribution is -0.420. The van der Waals surface area contributed by atoms with Crippen LogP contribution in [0, 0.1) is 0 Å². The van der Waals surface area contributed by atoms with E-state index in [9.17, 15) is 0 Å². The van der Waals surface area contributed by atoms with Gasteiger partial charge in [-0.1, -0.05) is 31.2 Å². The molecule has 0 saturated heterocycles. The molecule has 0 bridgehead atoms. The van der Waals surface area contributed by atoms with Gasteiger partial charge in [-0.2, -0.15) is 0 Å². The Labute approximate surface area is 68.2 Å². The van der Waals surface area contributed by atoms with Gasteiger partial charge >= 0.3 is 0 Å². The Balaban J connectivity index is 2.83. The molecule has 1 aromatic carbocycles. The molecule has 1 rings (SSSR count). The van der Waals surface area contributed by atoms with Gasteiger partial charge in [0.25, 0.3) is 0 Å². The summed E-state index contributed by atoms with van der Waals surface area (Å²) in [6.45, 7) is 4.28. The molecule has 11 heavy (non-hydrogen) atoms. The highest BCUT2D eigenvalue weighted by Gasteiger charge is 2.00. The maximum atomic E-state index is 3.96. The van der Waals surface area contributed by atoms with Gasteiger partial charge in [0.15, 0.2) is 0 Å². The zero-order chi connectivity index (χ0) is 8.27. The molecule has 0 aliphatic rings. The lowest BCUT2D eigenvalue weighted by Crippen LogP contribution is -2.51. The second-order valence-electron chi connectivity index (χ2n) is 3.00. The van der Waals surface area contributed by atoms with Gasteiger partial charge in [0.05, 0.1) is 0 Å². The molecular weight excluding hydrogens is 134 g/mol. The molecule has 0 unspecified atom stereocenters. The van der Waals surface area contributed by atoms with Gasteiger partial charge in [-0.25, -0.2) is 0 Å². The molecule has 1 atom stereocenters. The average Bonchev–Trinajstić information content (AvgIpc) is 2.05. The second kappa shape index (κ2) is 3.54. The summed E-state index contributed by atoms with van der Waals surface area (Å²) in [6.07, 6.45) is 1.12. The molecule has 60 valence electrons. The highest BCUT2D eigenvalue weighted by molar-refractivity contribution is 5.23. The Bertz CT molecular complexity index is 211. The maximum absolute atomic E-state index is 3.96. The van der Waals surface area contributed by atoms with Crippen molar-refractivity contribution < 1.29 is 5.73 Å². The topological polar surface area (TPSA) is 27.6 Å². The van der Waals surface area contributed by atoms with Crippen molar-refractivity contribution >= 4 is 0 Å². The summed E-state index contributed by atoms with van der Waals surface area (Å²) in [5, 5.41) is 0. The molecule has 0 saturated carbocycles. The number of hydrogen-bond acceptors (Lipinski definition) is 0. The van der Waals surface area contributed by atoms with E-state index in [-0.39, 0.29) is 0 Å². The summed E-state index contributed by atoms with van der Waals surface area (Å²) in [7, 11) is 0. The lowest BCUT2D eigenvalue weighted by Gasteiger charge is -2.02. The molecule has 1 heteroatoms. The first-order chi connectivity index (χ1) is 5.24. The van der Waals surface area contributed by atoms with Crippen molar-refractivity contribution in [3.05, 3.63) is 35.4 Å². The fourth-order valence-corrected chi connectivity index (χ4v) is 1.08. The summed E-state index contributed by atoms with van der Waals surface area (Å²) >= 11 is 0. The van der Waals surface area contributed by atoms with Gasteiger partial charge in [0, 0.05) is 5.56 Å². The molecule has 0 radical (unpaired) electrons. The quantitative estimate of drug-likeness (QED) is 0.662. The van der Waals surface area contributed by atoms with Crippen LogP contribution in [-0.2, 0) is 6.42 Å². The minimum absolute atomic E-state index is 0.404. The molecule has 0 aliphatic heterocycles. The Morgan fingerprint density at radius 3 is 2.18 bits per heavy atom. The van der Waals surface area contributed by atoms with Crippen LogP contribution >= 0.6 is 0 Å². The van der Waals surface area contributed by atoms with E-state index in [4.69, 9.17) is 0 Å². The average molecular weight is 150 g/mol. The van der Waals surface area contributed by atoms with E-state index in [0.29, 0.717) is 6.04 Å². The highest BCUT2D eigenvalue weighted by atomic mass is 14.6. The van der Waals surface area contributed by atoms with E-state index < -0.39 is 0 Å². The van der Waals surface area contributed by atoms with E-state index in [1.54, 1.807) is 0 Å². The zero-order valence-corrected chi connectivity index (χ0v) is 7.30. The van der Waals surface area contributed by atoms with Crippen molar-refractivity contribution in [2.75, 3.05) is 0 Å². The molecule has 3 N–H and O–H groups in total. The van der Waals surface area contributed by atoms with Crippen LogP contribution in [0.4, 0.5) is 0 Å². The molecular formula is C10H16N+. The van der Waals surface area contributed by atoms with Crippen molar-refractivity contribution in [1.82, 2.24) is 0 Å². The Kier molecular flexibility index (Phi) is 2.66. The number of hydrogen-bond donors (Lipinski definition) is 1. The Morgan fingerprint density at radius 1 is 1.27 bits per heavy atom. The van der Waals surface area contributed by atoms with Crippen LogP contribution in [0.3, 0.4) is 0 Å². The predicted molar refractivity (Wildman–Crippen MR) is 47.1 cm³/mol. The van der Waals surface area contributed by atoms with Crippen LogP contribution in [0.1, 0.15) is 31.0 Å². The predicted octanol–water partition coefficient (Wildman–Crippen LogP) is 1.55. The molecule has 1 aromatic rings. The summed E-state index contributed by atoms with van der Waals surface area (Å²) in [6, 6.07) is 9.09. The normalized spacial score (nSPS) is 13.0. The second-order valence-corrected chi connectivity index (χ2v) is 3.00. The summed E-state index contributed by atoms with van der Waals surface area (Å²) in [4.78, 5) is 0. The zero-order valence-electron chi connectivity index (χ0n) is 7.30. The van der Waals surface area contributed by atoms with E-state index >= 15 is 0 Å². The fourth-order valence-electron chi connectivity index (χ4n) is 1.08. The van der Waals surface area contributed by atoms with Crippen LogP contribution in [0.5, 0.6) is 0 Å². The minimum atomic E-state index is 0.404. The minimum Gasteiger partial charge on any atom is -0.352 e. The van der Waals surface area contributed by atoms with Crippen LogP contribution in [0.2, 0.25) is 0 Å². The highest BCUT2D eigenvalue weighted by Crippen LogP contribution is 2.09. The monoisotopic (exact) mass is 150 g/mol. The fraction of sp³-hybridized carbons (Fsp3) is 0.400. The van der Waals surface area contributed by atoms with Gasteiger partial charge < -0.3 is 5.73 Å². The third kappa shape index (κ3) is 2.05. The van der Waals surface area contributed by atoms with E-state index in [1.165, 1.54) is 11.1 Å². The van der Waals surface area contributed by atoms with Gasteiger partial charge in [-0.15, -0.1) is 0 Å². The third-order valence-corrected chi connectivity index (χ3v) is 1.96. The van der Waals surface area contributed by atoms with E-state index in [0.717, 1.165) is 6.42 Å². The molecule has 0 fully saturated rings. The van der Waals surface area contributed by atoms with Gasteiger partial charge in [-0.3, -0.25) is 0 Å². The van der Waals surface area contributed by atoms with Crippen LogP contribution < -0.4 is 5.73 Å². The largest absolute Gasteiger partial charge is 0.352 e. The van der Waals surface area contributed by atoms with Crippen molar-refractivity contribution in [3.63, 3.8) is 0 Å². The Hall–Kier alpha value is -0.820. The van der Waals surface area contributed by atoms with Gasteiger partial charge in [0.2, 0.25) is 0 Å². The summed E-state index contributed by atoms with van der Waals surface area (Å²) in [5.74, 6) is 0. The maximum Gasteiger partial charge on any atom is 0.107 e. The number of rotatable bonds is 2. The smallest absolute Gasteiger partial charge is 0.107 e. The standard InChI is InChI=1S/C10H15N/c1-3-9-4-6-10(7-5-9)8(2)11/h4-8H,3,11H2,1-2H3/p+1/t8-/m0/s1. The third-order valence-electron chi connectivity index (χ3n) is 1.96. The SMILES string of the molecule is CCc1ccc([C@H](C)[NH3+])cc1. The van der Waals surface area contributed by atoms with E-state index in [2.05, 4.69) is 43.8 Å². The van der Waals surface area contributed by atoms with Gasteiger partial charge in [0.1, 0.15) is 6.04 Å². The molecule has 0 aromatic heterocycles. The van der Waals surface area contributed by atoms with Gasteiger partial charge in [-0.05, 0) is 18.9 Å². The summed E-state index contributed by atoms with van der Waals surface area (Å²) in [5.41, 5.74) is 6.68. The molecule has 0 aliphatic carbocycles. The van der Waals surface area contributed by atoms with Crippen molar-refractivity contribution in [2.24, 2.45) is 0 Å². The van der Waals surface area contributed by atoms with Crippen molar-refractivity contribution in [2.45, 2.75) is 26.3 Å². The molecule has 0 spiro atoms. The lowest BCUT2D eigenvalue weighted by atomic mass is 10.1. The first-order valence-corrected chi connectivity index (χ1v) is 4.16. The number of quaternary nitrogens is 1.